The Bertz CT molecular complexity index is 799. The Kier molecular flexibility index (Phi) is 7.43. The van der Waals surface area contributed by atoms with Crippen molar-refractivity contribution in [1.82, 2.24) is 4.98 Å². The van der Waals surface area contributed by atoms with Crippen molar-refractivity contribution in [2.24, 2.45) is 5.92 Å². The van der Waals surface area contributed by atoms with E-state index in [-0.39, 0.29) is 5.75 Å². The first-order valence-corrected chi connectivity index (χ1v) is 11.2. The molecule has 0 unspecified atom stereocenters. The molecule has 1 aliphatic carbocycles. The fraction of sp³-hybridized carbons (Fsp3) is 0.545. The van der Waals surface area contributed by atoms with Crippen LogP contribution in [0.25, 0.3) is 6.08 Å². The number of carbonyl (C=O) groups is 1. The molecule has 2 aromatic rings. The van der Waals surface area contributed by atoms with Crippen LogP contribution in [0.5, 0.6) is 0 Å². The number of aliphatic carboxylic acids is 1. The highest BCUT2D eigenvalue weighted by atomic mass is 32.2. The maximum Gasteiger partial charge on any atom is 0.313 e. The monoisotopic (exact) mass is 403 g/mol. The number of rotatable bonds is 9. The van der Waals surface area contributed by atoms with Crippen molar-refractivity contribution < 1.29 is 18.7 Å². The largest absolute Gasteiger partial charge is 0.481 e. The van der Waals surface area contributed by atoms with Gasteiger partial charge in [0.15, 0.2) is 5.89 Å². The van der Waals surface area contributed by atoms with E-state index in [9.17, 15) is 4.79 Å². The number of oxazole rings is 1. The van der Waals surface area contributed by atoms with E-state index in [0.29, 0.717) is 18.1 Å². The average molecular weight is 404 g/mol. The Morgan fingerprint density at radius 1 is 1.29 bits per heavy atom. The number of furan rings is 1. The molecule has 3 rings (SSSR count). The maximum absolute atomic E-state index is 10.5. The Morgan fingerprint density at radius 3 is 2.79 bits per heavy atom. The molecule has 0 radical (unpaired) electrons. The van der Waals surface area contributed by atoms with Gasteiger partial charge in [-0.15, -0.1) is 11.8 Å². The molecule has 1 N–H and O–H groups in total. The second-order valence-corrected chi connectivity index (χ2v) is 8.50. The molecule has 152 valence electrons. The smallest absolute Gasteiger partial charge is 0.313 e. The minimum absolute atomic E-state index is 0.113. The Balaban J connectivity index is 1.54. The van der Waals surface area contributed by atoms with Crippen LogP contribution < -0.4 is 0 Å². The quantitative estimate of drug-likeness (QED) is 0.543. The Hall–Kier alpha value is -1.95. The first kappa shape index (κ1) is 20.8. The molecule has 28 heavy (non-hydrogen) atoms. The van der Waals surface area contributed by atoms with Gasteiger partial charge in [-0.1, -0.05) is 19.4 Å². The molecule has 0 spiro atoms. The summed E-state index contributed by atoms with van der Waals surface area (Å²) in [6.45, 7) is 4.26. The third-order valence-electron chi connectivity index (χ3n) is 5.43. The first-order valence-electron chi connectivity index (χ1n) is 10.1. The number of aromatic nitrogens is 1. The van der Waals surface area contributed by atoms with Crippen LogP contribution in [0.15, 0.2) is 27.0 Å². The van der Waals surface area contributed by atoms with Crippen molar-refractivity contribution >= 4 is 23.8 Å². The first-order chi connectivity index (χ1) is 13.5. The Labute approximate surface area is 170 Å². The van der Waals surface area contributed by atoms with Crippen LogP contribution in [0.3, 0.4) is 0 Å². The van der Waals surface area contributed by atoms with Crippen LogP contribution in [-0.4, -0.2) is 27.6 Å². The number of thioether (sulfide) groups is 1. The molecule has 0 atom stereocenters. The van der Waals surface area contributed by atoms with Crippen molar-refractivity contribution in [2.45, 2.75) is 58.3 Å². The molecule has 1 fully saturated rings. The van der Waals surface area contributed by atoms with Gasteiger partial charge in [-0.25, -0.2) is 4.98 Å². The van der Waals surface area contributed by atoms with Crippen molar-refractivity contribution in [2.75, 3.05) is 11.5 Å². The molecule has 0 aromatic carbocycles. The molecule has 5 nitrogen and oxygen atoms in total. The van der Waals surface area contributed by atoms with Gasteiger partial charge in [0.1, 0.15) is 17.3 Å². The van der Waals surface area contributed by atoms with Gasteiger partial charge in [-0.2, -0.15) is 0 Å². The van der Waals surface area contributed by atoms with Gasteiger partial charge in [0, 0.05) is 11.7 Å². The summed E-state index contributed by atoms with van der Waals surface area (Å²) in [5, 5.41) is 8.63. The van der Waals surface area contributed by atoms with Gasteiger partial charge in [0.05, 0.1) is 17.9 Å². The van der Waals surface area contributed by atoms with E-state index in [1.165, 1.54) is 43.9 Å². The summed E-state index contributed by atoms with van der Waals surface area (Å²) in [7, 11) is 0. The van der Waals surface area contributed by atoms with Crippen LogP contribution in [0.4, 0.5) is 0 Å². The van der Waals surface area contributed by atoms with Crippen LogP contribution in [0.2, 0.25) is 0 Å². The summed E-state index contributed by atoms with van der Waals surface area (Å²) in [6, 6.07) is 3.89. The highest BCUT2D eigenvalue weighted by Crippen LogP contribution is 2.37. The molecule has 6 heteroatoms. The minimum Gasteiger partial charge on any atom is -0.481 e. The third-order valence-corrected chi connectivity index (χ3v) is 6.31. The van der Waals surface area contributed by atoms with Gasteiger partial charge in [0.2, 0.25) is 0 Å². The Morgan fingerprint density at radius 2 is 2.07 bits per heavy atom. The lowest BCUT2D eigenvalue weighted by atomic mass is 9.81. The maximum atomic E-state index is 10.5. The summed E-state index contributed by atoms with van der Waals surface area (Å²) >= 11 is 1.36. The molecule has 2 aromatic heterocycles. The van der Waals surface area contributed by atoms with E-state index in [1.807, 2.05) is 31.2 Å². The van der Waals surface area contributed by atoms with E-state index in [1.54, 1.807) is 0 Å². The number of hydrogen-bond acceptors (Lipinski definition) is 5. The van der Waals surface area contributed by atoms with Crippen LogP contribution in [0.1, 0.15) is 73.8 Å². The summed E-state index contributed by atoms with van der Waals surface area (Å²) in [5.41, 5.74) is 0.953. The van der Waals surface area contributed by atoms with Gasteiger partial charge in [-0.05, 0) is 56.7 Å². The molecular formula is C22H29NO4S. The zero-order chi connectivity index (χ0) is 19.9. The predicted molar refractivity (Wildman–Crippen MR) is 112 cm³/mol. The highest BCUT2D eigenvalue weighted by Gasteiger charge is 2.26. The molecule has 2 heterocycles. The SMILES string of the molecule is CCC1CCC(c2nc(Cc3ccc(/C=C/CSCC(=O)O)o3)c(C)o2)CC1. The molecular weight excluding hydrogens is 374 g/mol. The number of carboxylic acids is 1. The topological polar surface area (TPSA) is 76.5 Å². The third kappa shape index (κ3) is 5.77. The fourth-order valence-corrected chi connectivity index (χ4v) is 4.25. The molecule has 1 aliphatic rings. The molecule has 0 aliphatic heterocycles. The average Bonchev–Trinajstić information content (AvgIpc) is 3.28. The van der Waals surface area contributed by atoms with Crippen molar-refractivity contribution in [1.29, 1.82) is 0 Å². The summed E-state index contributed by atoms with van der Waals surface area (Å²) in [6.07, 6.45) is 10.6. The zero-order valence-electron chi connectivity index (χ0n) is 16.6. The van der Waals surface area contributed by atoms with E-state index in [2.05, 4.69) is 6.92 Å². The number of nitrogens with zero attached hydrogens (tertiary/aromatic N) is 1. The van der Waals surface area contributed by atoms with Gasteiger partial charge in [0.25, 0.3) is 0 Å². The number of hydrogen-bond donors (Lipinski definition) is 1. The van der Waals surface area contributed by atoms with E-state index in [0.717, 1.165) is 34.8 Å². The molecule has 0 bridgehead atoms. The van der Waals surface area contributed by atoms with Crippen molar-refractivity contribution in [3.8, 4) is 0 Å². The standard InChI is InChI=1S/C22H29NO4S/c1-3-16-6-8-17(9-7-16)22-23-20(15(2)26-22)13-19-11-10-18(27-19)5-4-12-28-14-21(24)25/h4-5,10-11,16-17H,3,6-9,12-14H2,1-2H3,(H,24,25)/b5-4+. The van der Waals surface area contributed by atoms with Crippen LogP contribution in [-0.2, 0) is 11.2 Å². The molecule has 0 saturated heterocycles. The van der Waals surface area contributed by atoms with Gasteiger partial charge >= 0.3 is 5.97 Å². The van der Waals surface area contributed by atoms with Crippen molar-refractivity contribution in [3.05, 3.63) is 47.1 Å². The zero-order valence-corrected chi connectivity index (χ0v) is 17.5. The normalized spacial score (nSPS) is 20.1. The lowest BCUT2D eigenvalue weighted by molar-refractivity contribution is -0.133. The second-order valence-electron chi connectivity index (χ2n) is 7.47. The van der Waals surface area contributed by atoms with E-state index in [4.69, 9.17) is 18.9 Å². The van der Waals surface area contributed by atoms with Gasteiger partial charge < -0.3 is 13.9 Å². The van der Waals surface area contributed by atoms with E-state index < -0.39 is 5.97 Å². The predicted octanol–water partition coefficient (Wildman–Crippen LogP) is 5.68. The second kappa shape index (κ2) is 10.0. The van der Waals surface area contributed by atoms with Crippen molar-refractivity contribution in [3.63, 3.8) is 0 Å². The van der Waals surface area contributed by atoms with Crippen LogP contribution >= 0.6 is 11.8 Å². The lowest BCUT2D eigenvalue weighted by Gasteiger charge is -2.25. The number of aryl methyl sites for hydroxylation is 1. The molecule has 1 saturated carbocycles. The number of carboxylic acid groups (broad SMARTS) is 1. The van der Waals surface area contributed by atoms with Gasteiger partial charge in [-0.3, -0.25) is 4.79 Å². The lowest BCUT2D eigenvalue weighted by Crippen LogP contribution is -2.12. The highest BCUT2D eigenvalue weighted by molar-refractivity contribution is 8.00. The summed E-state index contributed by atoms with van der Waals surface area (Å²) in [5.74, 6) is 4.68. The summed E-state index contributed by atoms with van der Waals surface area (Å²) in [4.78, 5) is 15.3. The minimum atomic E-state index is -0.792. The van der Waals surface area contributed by atoms with Crippen LogP contribution in [0, 0.1) is 12.8 Å². The fourth-order valence-electron chi connectivity index (χ4n) is 3.73. The van der Waals surface area contributed by atoms with E-state index >= 15 is 0 Å². The summed E-state index contributed by atoms with van der Waals surface area (Å²) < 4.78 is 11.9. The molecule has 0 amide bonds.